The van der Waals surface area contributed by atoms with Gasteiger partial charge in [-0.05, 0) is 39.7 Å². The average molecular weight is 498 g/mol. The lowest BCUT2D eigenvalue weighted by molar-refractivity contribution is -0.664. The van der Waals surface area contributed by atoms with Crippen LogP contribution >= 0.6 is 11.6 Å². The van der Waals surface area contributed by atoms with Gasteiger partial charge in [0.1, 0.15) is 0 Å². The molecule has 1 heterocycles. The molecule has 0 atom stereocenters. The Morgan fingerprint density at radius 2 is 1.36 bits per heavy atom. The second kappa shape index (κ2) is 8.68. The third kappa shape index (κ3) is 3.90. The van der Waals surface area contributed by atoms with Crippen molar-refractivity contribution in [3.8, 4) is 11.4 Å². The van der Waals surface area contributed by atoms with E-state index in [-0.39, 0.29) is 5.75 Å². The Bertz CT molecular complexity index is 1560. The van der Waals surface area contributed by atoms with Crippen molar-refractivity contribution in [2.24, 2.45) is 0 Å². The maximum absolute atomic E-state index is 13.3. The Balaban J connectivity index is 1.81. The van der Waals surface area contributed by atoms with Crippen LogP contribution in [0.5, 0.6) is 5.75 Å². The number of hydrogen-bond acceptors (Lipinski definition) is 3. The summed E-state index contributed by atoms with van der Waals surface area (Å²) < 4.78 is 0. The molecule has 0 radical (unpaired) electrons. The number of nitrogens with zero attached hydrogens (tertiary/aromatic N) is 3. The van der Waals surface area contributed by atoms with Gasteiger partial charge in [0.05, 0.1) is 5.10 Å². The lowest BCUT2D eigenvalue weighted by Crippen LogP contribution is -2.37. The molecule has 0 aliphatic carbocycles. The second-order valence-corrected chi connectivity index (χ2v) is 10.6. The Labute approximate surface area is 215 Å². The van der Waals surface area contributed by atoms with Crippen molar-refractivity contribution in [1.82, 2.24) is 9.90 Å². The van der Waals surface area contributed by atoms with Gasteiger partial charge in [0.15, 0.2) is 11.4 Å². The number of phenolic OH excluding ortho intramolecular Hbond substituents is 1. The standard InChI is InChI=1S/C30H28ClN3O2/c1-29(2,20-11-7-5-8-12-20)22-17-24(30(3,4)21-13-9-6-10-14-21)28(35)27(18-22)33-32-25-19-23(31)15-16-26(25)34(33)36/h5-19,35H,1-4H3. The van der Waals surface area contributed by atoms with Crippen LogP contribution in [0, 0.1) is 5.21 Å². The molecule has 0 fully saturated rings. The fourth-order valence-electron chi connectivity index (χ4n) is 4.78. The number of aromatic nitrogens is 3. The number of halogens is 1. The lowest BCUT2D eigenvalue weighted by Gasteiger charge is -2.32. The summed E-state index contributed by atoms with van der Waals surface area (Å²) in [6.45, 7) is 8.43. The van der Waals surface area contributed by atoms with Gasteiger partial charge in [-0.2, -0.15) is 0 Å². The van der Waals surface area contributed by atoms with Crippen LogP contribution in [0.4, 0.5) is 0 Å². The van der Waals surface area contributed by atoms with Gasteiger partial charge in [-0.25, -0.2) is 0 Å². The molecule has 5 rings (SSSR count). The molecule has 1 N–H and O–H groups in total. The molecule has 0 saturated heterocycles. The topological polar surface area (TPSA) is 65.0 Å². The smallest absolute Gasteiger partial charge is 0.251 e. The van der Waals surface area contributed by atoms with E-state index < -0.39 is 10.8 Å². The van der Waals surface area contributed by atoms with Gasteiger partial charge in [-0.15, -0.1) is 4.85 Å². The average Bonchev–Trinajstić information content (AvgIpc) is 3.20. The Morgan fingerprint density at radius 3 is 1.97 bits per heavy atom. The first-order chi connectivity index (χ1) is 17.1. The van der Waals surface area contributed by atoms with Crippen molar-refractivity contribution in [1.29, 1.82) is 0 Å². The minimum atomic E-state index is -0.549. The Kier molecular flexibility index (Phi) is 5.76. The minimum Gasteiger partial charge on any atom is -0.692 e. The van der Waals surface area contributed by atoms with E-state index in [9.17, 15) is 10.3 Å². The van der Waals surface area contributed by atoms with Crippen LogP contribution in [0.25, 0.3) is 16.7 Å². The predicted octanol–water partition coefficient (Wildman–Crippen LogP) is 6.67. The summed E-state index contributed by atoms with van der Waals surface area (Å²) in [5, 5.41) is 30.0. The molecule has 182 valence electrons. The van der Waals surface area contributed by atoms with E-state index in [0.717, 1.165) is 16.7 Å². The first kappa shape index (κ1) is 23.9. The zero-order valence-electron chi connectivity index (χ0n) is 20.7. The summed E-state index contributed by atoms with van der Waals surface area (Å²) in [6.07, 6.45) is 0. The van der Waals surface area contributed by atoms with Crippen LogP contribution in [0.1, 0.15) is 49.9 Å². The molecule has 5 nitrogen and oxygen atoms in total. The van der Waals surface area contributed by atoms with Crippen LogP contribution in [-0.2, 0) is 10.8 Å². The van der Waals surface area contributed by atoms with Crippen LogP contribution in [0.15, 0.2) is 91.0 Å². The van der Waals surface area contributed by atoms with Gasteiger partial charge in [-0.3, -0.25) is 0 Å². The van der Waals surface area contributed by atoms with Gasteiger partial charge < -0.3 is 10.3 Å². The summed E-state index contributed by atoms with van der Waals surface area (Å²) in [5.41, 5.74) is 4.02. The fourth-order valence-corrected chi connectivity index (χ4v) is 4.94. The highest BCUT2D eigenvalue weighted by atomic mass is 35.5. The van der Waals surface area contributed by atoms with Gasteiger partial charge in [0.2, 0.25) is 5.52 Å². The van der Waals surface area contributed by atoms with Gasteiger partial charge in [0, 0.05) is 27.5 Å². The molecule has 0 aliphatic rings. The van der Waals surface area contributed by atoms with Crippen molar-refractivity contribution in [2.45, 2.75) is 38.5 Å². The monoisotopic (exact) mass is 497 g/mol. The van der Waals surface area contributed by atoms with E-state index in [4.69, 9.17) is 11.6 Å². The highest BCUT2D eigenvalue weighted by Crippen LogP contribution is 2.43. The summed E-state index contributed by atoms with van der Waals surface area (Å²) in [5.74, 6) is 0.0139. The van der Waals surface area contributed by atoms with Crippen LogP contribution in [0.2, 0.25) is 5.02 Å². The molecular formula is C30H28ClN3O2. The molecule has 0 amide bonds. The largest absolute Gasteiger partial charge is 0.692 e. The number of fused-ring (bicyclic) bond motifs is 1. The van der Waals surface area contributed by atoms with E-state index in [1.165, 1.54) is 4.80 Å². The highest BCUT2D eigenvalue weighted by Gasteiger charge is 2.34. The Hall–Kier alpha value is -3.83. The third-order valence-corrected chi connectivity index (χ3v) is 7.44. The second-order valence-electron chi connectivity index (χ2n) is 10.2. The fraction of sp³-hybridized carbons (Fsp3) is 0.200. The summed E-state index contributed by atoms with van der Waals surface area (Å²) in [6, 6.07) is 29.1. The van der Waals surface area contributed by atoms with E-state index in [1.54, 1.807) is 18.2 Å². The normalized spacial score (nSPS) is 12.2. The van der Waals surface area contributed by atoms with Crippen LogP contribution in [-0.4, -0.2) is 15.0 Å². The van der Waals surface area contributed by atoms with E-state index in [1.807, 2.05) is 60.7 Å². The third-order valence-electron chi connectivity index (χ3n) is 7.21. The Morgan fingerprint density at radius 1 is 0.778 bits per heavy atom. The molecule has 5 aromatic rings. The molecule has 0 unspecified atom stereocenters. The van der Waals surface area contributed by atoms with Gasteiger partial charge >= 0.3 is 0 Å². The molecule has 0 aliphatic heterocycles. The SMILES string of the molecule is CC(C)(c1ccccc1)c1cc(-n2nc3cc(Cl)ccc3[n+]2[O-])c(O)c(C(C)(C)c2ccccc2)c1. The summed E-state index contributed by atoms with van der Waals surface area (Å²) in [7, 11) is 0. The van der Waals surface area contributed by atoms with E-state index >= 15 is 0 Å². The van der Waals surface area contributed by atoms with E-state index in [2.05, 4.69) is 44.9 Å². The molecule has 6 heteroatoms. The zero-order chi connectivity index (χ0) is 25.7. The molecular weight excluding hydrogens is 470 g/mol. The number of hydrogen-bond donors (Lipinski definition) is 1. The van der Waals surface area contributed by atoms with Crippen LogP contribution < -0.4 is 4.85 Å². The molecule has 0 spiro atoms. The van der Waals surface area contributed by atoms with Gasteiger partial charge in [0.25, 0.3) is 5.52 Å². The van der Waals surface area contributed by atoms with Crippen molar-refractivity contribution in [3.05, 3.63) is 123 Å². The predicted molar refractivity (Wildman–Crippen MR) is 144 cm³/mol. The number of phenols is 1. The molecule has 36 heavy (non-hydrogen) atoms. The first-order valence-electron chi connectivity index (χ1n) is 11.9. The molecule has 4 aromatic carbocycles. The van der Waals surface area contributed by atoms with Crippen molar-refractivity contribution >= 4 is 22.6 Å². The van der Waals surface area contributed by atoms with Gasteiger partial charge in [-0.1, -0.05) is 106 Å². The summed E-state index contributed by atoms with van der Waals surface area (Å²) in [4.78, 5) is 1.91. The maximum Gasteiger partial charge on any atom is 0.251 e. The first-order valence-corrected chi connectivity index (χ1v) is 12.3. The van der Waals surface area contributed by atoms with Crippen molar-refractivity contribution < 1.29 is 9.95 Å². The highest BCUT2D eigenvalue weighted by molar-refractivity contribution is 6.31. The van der Waals surface area contributed by atoms with Crippen LogP contribution in [0.3, 0.4) is 0 Å². The lowest BCUT2D eigenvalue weighted by atomic mass is 9.72. The van der Waals surface area contributed by atoms with E-state index in [0.29, 0.717) is 32.2 Å². The molecule has 1 aromatic heterocycles. The summed E-state index contributed by atoms with van der Waals surface area (Å²) >= 11 is 6.15. The number of rotatable bonds is 5. The molecule has 0 saturated carbocycles. The maximum atomic E-state index is 13.3. The zero-order valence-corrected chi connectivity index (χ0v) is 21.5. The molecule has 0 bridgehead atoms. The minimum absolute atomic E-state index is 0.0139. The van der Waals surface area contributed by atoms with Crippen molar-refractivity contribution in [2.75, 3.05) is 0 Å². The number of aromatic hydroxyl groups is 1. The van der Waals surface area contributed by atoms with Crippen molar-refractivity contribution in [3.63, 3.8) is 0 Å². The number of benzene rings is 4. The quantitative estimate of drug-likeness (QED) is 0.218.